The second-order valence-electron chi connectivity index (χ2n) is 5.10. The minimum atomic E-state index is 0.499. The lowest BCUT2D eigenvalue weighted by atomic mass is 9.83. The molecule has 0 saturated heterocycles. The van der Waals surface area contributed by atoms with Gasteiger partial charge in [-0.2, -0.15) is 0 Å². The van der Waals surface area contributed by atoms with E-state index in [0.717, 1.165) is 21.3 Å². The molecule has 4 heteroatoms. The first-order chi connectivity index (χ1) is 8.72. The average Bonchev–Trinajstić information content (AvgIpc) is 2.71. The Kier molecular flexibility index (Phi) is 5.99. The van der Waals surface area contributed by atoms with E-state index in [4.69, 9.17) is 11.6 Å². The fraction of sp³-hybridized carbons (Fsp3) is 0.714. The molecule has 0 radical (unpaired) electrons. The van der Waals surface area contributed by atoms with Gasteiger partial charge in [-0.25, -0.2) is 0 Å². The monoisotopic (exact) mass is 349 g/mol. The van der Waals surface area contributed by atoms with Gasteiger partial charge in [0.25, 0.3) is 0 Å². The summed E-state index contributed by atoms with van der Waals surface area (Å²) in [7, 11) is 0. The minimum absolute atomic E-state index is 0.499. The molecule has 18 heavy (non-hydrogen) atoms. The molecule has 1 aromatic rings. The summed E-state index contributed by atoms with van der Waals surface area (Å²) in [4.78, 5) is 1.40. The quantitative estimate of drug-likeness (QED) is 0.709. The number of halogens is 2. The third-order valence-corrected chi connectivity index (χ3v) is 6.26. The zero-order chi connectivity index (χ0) is 13.0. The molecule has 1 saturated carbocycles. The van der Waals surface area contributed by atoms with E-state index in [9.17, 15) is 0 Å². The smallest absolute Gasteiger partial charge is 0.107 e. The molecule has 1 nitrogen and oxygen atoms in total. The summed E-state index contributed by atoms with van der Waals surface area (Å²) in [5.74, 6) is 0.784. The van der Waals surface area contributed by atoms with Gasteiger partial charge < -0.3 is 5.32 Å². The van der Waals surface area contributed by atoms with E-state index in [1.807, 2.05) is 0 Å². The Morgan fingerprint density at radius 3 is 2.72 bits per heavy atom. The number of nitrogens with one attached hydrogen (secondary N) is 1. The maximum Gasteiger partial charge on any atom is 0.107 e. The number of hydrogen-bond acceptors (Lipinski definition) is 2. The van der Waals surface area contributed by atoms with E-state index in [0.29, 0.717) is 6.04 Å². The van der Waals surface area contributed by atoms with Crippen LogP contribution in [0.1, 0.15) is 56.4 Å². The lowest BCUT2D eigenvalue weighted by Gasteiger charge is -2.30. The molecule has 102 valence electrons. The normalized spacial score (nSPS) is 19.1. The molecular formula is C14H21BrClNS. The molecule has 0 aromatic carbocycles. The van der Waals surface area contributed by atoms with Crippen LogP contribution in [0, 0.1) is 5.92 Å². The van der Waals surface area contributed by atoms with Crippen molar-refractivity contribution in [3.8, 4) is 0 Å². The first-order valence-corrected chi connectivity index (χ1v) is 8.89. The van der Waals surface area contributed by atoms with Crippen LogP contribution in [-0.2, 0) is 0 Å². The third kappa shape index (κ3) is 3.72. The molecule has 2 rings (SSSR count). The highest BCUT2D eigenvalue weighted by Crippen LogP contribution is 2.41. The summed E-state index contributed by atoms with van der Waals surface area (Å²) in [6.45, 7) is 3.32. The van der Waals surface area contributed by atoms with Crippen molar-refractivity contribution < 1.29 is 0 Å². The maximum atomic E-state index is 6.19. The van der Waals surface area contributed by atoms with Crippen LogP contribution in [0.15, 0.2) is 10.5 Å². The van der Waals surface area contributed by atoms with E-state index in [-0.39, 0.29) is 0 Å². The molecule has 1 N–H and O–H groups in total. The standard InChI is InChI=1S/C14H21BrClNS/c1-2-8-17-13(10-6-4-3-5-7-10)12-9-11(15)14(16)18-12/h9-10,13,17H,2-8H2,1H3. The van der Waals surface area contributed by atoms with Gasteiger partial charge in [0.1, 0.15) is 4.34 Å². The third-order valence-electron chi connectivity index (χ3n) is 3.71. The number of hydrogen-bond donors (Lipinski definition) is 1. The van der Waals surface area contributed by atoms with Gasteiger partial charge in [-0.1, -0.05) is 37.8 Å². The van der Waals surface area contributed by atoms with Crippen LogP contribution in [0.25, 0.3) is 0 Å². The van der Waals surface area contributed by atoms with Crippen LogP contribution in [0.5, 0.6) is 0 Å². The first-order valence-electron chi connectivity index (χ1n) is 6.90. The molecule has 1 heterocycles. The average molecular weight is 351 g/mol. The highest BCUT2D eigenvalue weighted by Gasteiger charge is 2.26. The topological polar surface area (TPSA) is 12.0 Å². The van der Waals surface area contributed by atoms with Gasteiger partial charge in [-0.3, -0.25) is 0 Å². The summed E-state index contributed by atoms with van der Waals surface area (Å²) >= 11 is 11.4. The van der Waals surface area contributed by atoms with E-state index in [1.54, 1.807) is 11.3 Å². The van der Waals surface area contributed by atoms with Crippen LogP contribution < -0.4 is 5.32 Å². The largest absolute Gasteiger partial charge is 0.309 e. The number of rotatable bonds is 5. The van der Waals surface area contributed by atoms with Gasteiger partial charge in [-0.15, -0.1) is 11.3 Å². The van der Waals surface area contributed by atoms with Crippen molar-refractivity contribution >= 4 is 38.9 Å². The predicted molar refractivity (Wildman–Crippen MR) is 84.6 cm³/mol. The van der Waals surface area contributed by atoms with Gasteiger partial charge in [0.05, 0.1) is 0 Å². The van der Waals surface area contributed by atoms with Crippen LogP contribution in [0.4, 0.5) is 0 Å². The summed E-state index contributed by atoms with van der Waals surface area (Å²) in [6.07, 6.45) is 8.07. The summed E-state index contributed by atoms with van der Waals surface area (Å²) in [5.41, 5.74) is 0. The van der Waals surface area contributed by atoms with E-state index in [2.05, 4.69) is 34.2 Å². The van der Waals surface area contributed by atoms with Crippen molar-refractivity contribution in [1.82, 2.24) is 5.32 Å². The fourth-order valence-electron chi connectivity index (χ4n) is 2.78. The SMILES string of the molecule is CCCNC(c1cc(Br)c(Cl)s1)C1CCCCC1. The van der Waals surface area contributed by atoms with Crippen molar-refractivity contribution in [2.75, 3.05) is 6.54 Å². The highest BCUT2D eigenvalue weighted by atomic mass is 79.9. The molecular weight excluding hydrogens is 330 g/mol. The lowest BCUT2D eigenvalue weighted by Crippen LogP contribution is -2.29. The fourth-order valence-corrected chi connectivity index (χ4v) is 4.69. The number of thiophene rings is 1. The van der Waals surface area contributed by atoms with Gasteiger partial charge in [-0.05, 0) is 53.7 Å². The Bertz CT molecular complexity index is 354. The Morgan fingerprint density at radius 1 is 1.44 bits per heavy atom. The summed E-state index contributed by atoms with van der Waals surface area (Å²) in [5, 5.41) is 3.73. The Labute approximate surface area is 127 Å². The van der Waals surface area contributed by atoms with E-state index >= 15 is 0 Å². The summed E-state index contributed by atoms with van der Waals surface area (Å²) in [6, 6.07) is 2.70. The van der Waals surface area contributed by atoms with Gasteiger partial charge in [0.15, 0.2) is 0 Å². The van der Waals surface area contributed by atoms with E-state index in [1.165, 1.54) is 43.4 Å². The van der Waals surface area contributed by atoms with E-state index < -0.39 is 0 Å². The Morgan fingerprint density at radius 2 is 2.17 bits per heavy atom. The molecule has 1 atom stereocenters. The molecule has 0 aliphatic heterocycles. The van der Waals surface area contributed by atoms with Gasteiger partial charge in [0.2, 0.25) is 0 Å². The van der Waals surface area contributed by atoms with Gasteiger partial charge >= 0.3 is 0 Å². The molecule has 0 spiro atoms. The lowest BCUT2D eigenvalue weighted by molar-refractivity contribution is 0.275. The Hall–Kier alpha value is 0.430. The van der Waals surface area contributed by atoms with Crippen molar-refractivity contribution in [2.45, 2.75) is 51.5 Å². The molecule has 1 unspecified atom stereocenters. The van der Waals surface area contributed by atoms with Crippen LogP contribution in [0.3, 0.4) is 0 Å². The highest BCUT2D eigenvalue weighted by molar-refractivity contribution is 9.10. The summed E-state index contributed by atoms with van der Waals surface area (Å²) < 4.78 is 1.92. The first kappa shape index (κ1) is 14.8. The second-order valence-corrected chi connectivity index (χ2v) is 7.64. The molecule has 1 aromatic heterocycles. The molecule has 0 bridgehead atoms. The molecule has 1 aliphatic rings. The predicted octanol–water partition coefficient (Wildman–Crippen LogP) is 5.79. The van der Waals surface area contributed by atoms with Crippen molar-refractivity contribution in [2.24, 2.45) is 5.92 Å². The van der Waals surface area contributed by atoms with Crippen molar-refractivity contribution in [1.29, 1.82) is 0 Å². The molecule has 1 aliphatic carbocycles. The van der Waals surface area contributed by atoms with Crippen LogP contribution in [0.2, 0.25) is 4.34 Å². The molecule has 0 amide bonds. The maximum absolute atomic E-state index is 6.19. The van der Waals surface area contributed by atoms with Crippen molar-refractivity contribution in [3.63, 3.8) is 0 Å². The van der Waals surface area contributed by atoms with Crippen LogP contribution >= 0.6 is 38.9 Å². The van der Waals surface area contributed by atoms with Crippen molar-refractivity contribution in [3.05, 3.63) is 19.8 Å². The van der Waals surface area contributed by atoms with Crippen LogP contribution in [-0.4, -0.2) is 6.54 Å². The molecule has 1 fully saturated rings. The van der Waals surface area contributed by atoms with Gasteiger partial charge in [0, 0.05) is 15.4 Å². The zero-order valence-electron chi connectivity index (χ0n) is 10.8. The zero-order valence-corrected chi connectivity index (χ0v) is 14.0. The minimum Gasteiger partial charge on any atom is -0.309 e. The Balaban J connectivity index is 2.12. The second kappa shape index (κ2) is 7.28.